The van der Waals surface area contributed by atoms with Crippen molar-refractivity contribution >= 4 is 23.6 Å². The molecule has 1 aromatic heterocycles. The Hall–Kier alpha value is -2.41. The van der Waals surface area contributed by atoms with Crippen LogP contribution in [-0.2, 0) is 0 Å². The molecule has 0 fully saturated rings. The zero-order valence-corrected chi connectivity index (χ0v) is 12.3. The minimum absolute atomic E-state index is 0.215. The highest BCUT2D eigenvalue weighted by Gasteiger charge is 2.11. The number of rotatable bonds is 4. The molecule has 1 amide bonds. The highest BCUT2D eigenvalue weighted by atomic mass is 32.2. The molecular formula is C14H13N3O3S. The quantitative estimate of drug-likeness (QED) is 0.930. The number of hydrogen-bond acceptors (Lipinski definition) is 5. The molecule has 0 aliphatic heterocycles. The molecule has 1 aromatic carbocycles. The van der Waals surface area contributed by atoms with Crippen LogP contribution in [-0.4, -0.2) is 46.2 Å². The van der Waals surface area contributed by atoms with Crippen LogP contribution < -0.4 is 0 Å². The van der Waals surface area contributed by atoms with Gasteiger partial charge >= 0.3 is 5.97 Å². The molecule has 0 aliphatic carbocycles. The Labute approximate surface area is 125 Å². The molecule has 0 saturated carbocycles. The van der Waals surface area contributed by atoms with E-state index in [4.69, 9.17) is 5.11 Å². The van der Waals surface area contributed by atoms with Gasteiger partial charge in [0.05, 0.1) is 5.56 Å². The molecule has 7 heteroatoms. The predicted molar refractivity (Wildman–Crippen MR) is 77.6 cm³/mol. The maximum atomic E-state index is 11.7. The first-order chi connectivity index (χ1) is 9.97. The standard InChI is InChI=1S/C14H13N3O3S/c1-17(2)13(18)11-6-7-12(16-15-11)21-10-5-3-4-9(8-10)14(19)20/h3-8H,1-2H3,(H,19,20). The summed E-state index contributed by atoms with van der Waals surface area (Å²) in [6, 6.07) is 9.83. The lowest BCUT2D eigenvalue weighted by Gasteiger charge is -2.08. The van der Waals surface area contributed by atoms with Gasteiger partial charge in [-0.1, -0.05) is 17.8 Å². The van der Waals surface area contributed by atoms with Crippen molar-refractivity contribution in [1.29, 1.82) is 0 Å². The molecule has 1 N–H and O–H groups in total. The van der Waals surface area contributed by atoms with E-state index in [1.165, 1.54) is 22.7 Å². The van der Waals surface area contributed by atoms with Crippen LogP contribution in [0.15, 0.2) is 46.3 Å². The Bertz CT molecular complexity index is 671. The van der Waals surface area contributed by atoms with E-state index in [2.05, 4.69) is 10.2 Å². The van der Waals surface area contributed by atoms with Crippen molar-refractivity contribution in [1.82, 2.24) is 15.1 Å². The van der Waals surface area contributed by atoms with E-state index in [0.717, 1.165) is 4.90 Å². The lowest BCUT2D eigenvalue weighted by molar-refractivity contribution is 0.0696. The highest BCUT2D eigenvalue weighted by molar-refractivity contribution is 7.99. The molecule has 6 nitrogen and oxygen atoms in total. The molecule has 0 bridgehead atoms. The van der Waals surface area contributed by atoms with Crippen molar-refractivity contribution in [2.24, 2.45) is 0 Å². The molecule has 0 unspecified atom stereocenters. The topological polar surface area (TPSA) is 83.4 Å². The van der Waals surface area contributed by atoms with Crippen molar-refractivity contribution < 1.29 is 14.7 Å². The van der Waals surface area contributed by atoms with E-state index in [1.54, 1.807) is 44.4 Å². The smallest absolute Gasteiger partial charge is 0.335 e. The summed E-state index contributed by atoms with van der Waals surface area (Å²) in [6.07, 6.45) is 0. The fourth-order valence-corrected chi connectivity index (χ4v) is 2.32. The molecule has 108 valence electrons. The molecular weight excluding hydrogens is 290 g/mol. The van der Waals surface area contributed by atoms with Crippen molar-refractivity contribution in [2.45, 2.75) is 9.92 Å². The van der Waals surface area contributed by atoms with Crippen LogP contribution in [0.3, 0.4) is 0 Å². The minimum atomic E-state index is -0.976. The van der Waals surface area contributed by atoms with Gasteiger partial charge in [-0.05, 0) is 30.3 Å². The zero-order chi connectivity index (χ0) is 15.4. The third kappa shape index (κ3) is 3.79. The Morgan fingerprint density at radius 1 is 1.14 bits per heavy atom. The van der Waals surface area contributed by atoms with Gasteiger partial charge in [0, 0.05) is 19.0 Å². The lowest BCUT2D eigenvalue weighted by atomic mass is 10.2. The third-order valence-electron chi connectivity index (χ3n) is 2.57. The van der Waals surface area contributed by atoms with Crippen LogP contribution in [0.4, 0.5) is 0 Å². The molecule has 0 aliphatic rings. The highest BCUT2D eigenvalue weighted by Crippen LogP contribution is 2.26. The average Bonchev–Trinajstić information content (AvgIpc) is 2.47. The second-order valence-electron chi connectivity index (χ2n) is 4.39. The molecule has 0 saturated heterocycles. The normalized spacial score (nSPS) is 10.2. The van der Waals surface area contributed by atoms with Gasteiger partial charge in [0.15, 0.2) is 5.69 Å². The van der Waals surface area contributed by atoms with Crippen molar-refractivity contribution in [3.63, 3.8) is 0 Å². The van der Waals surface area contributed by atoms with Gasteiger partial charge in [0.1, 0.15) is 5.03 Å². The summed E-state index contributed by atoms with van der Waals surface area (Å²) in [5.74, 6) is -1.19. The van der Waals surface area contributed by atoms with Gasteiger partial charge < -0.3 is 10.0 Å². The predicted octanol–water partition coefficient (Wildman–Crippen LogP) is 2.03. The second kappa shape index (κ2) is 6.36. The maximum absolute atomic E-state index is 11.7. The number of carbonyl (C=O) groups is 2. The number of amides is 1. The monoisotopic (exact) mass is 303 g/mol. The number of carboxylic acid groups (broad SMARTS) is 1. The van der Waals surface area contributed by atoms with Gasteiger partial charge in [-0.2, -0.15) is 0 Å². The number of aromatic carboxylic acids is 1. The summed E-state index contributed by atoms with van der Waals surface area (Å²) in [6.45, 7) is 0. The van der Waals surface area contributed by atoms with Crippen LogP contribution >= 0.6 is 11.8 Å². The van der Waals surface area contributed by atoms with Crippen molar-refractivity contribution in [2.75, 3.05) is 14.1 Å². The average molecular weight is 303 g/mol. The van der Waals surface area contributed by atoms with E-state index in [9.17, 15) is 9.59 Å². The van der Waals surface area contributed by atoms with E-state index >= 15 is 0 Å². The number of hydrogen-bond donors (Lipinski definition) is 1. The second-order valence-corrected chi connectivity index (χ2v) is 5.49. The summed E-state index contributed by atoms with van der Waals surface area (Å²) in [5, 5.41) is 17.4. The van der Waals surface area contributed by atoms with Gasteiger partial charge in [-0.3, -0.25) is 4.79 Å². The number of carbonyl (C=O) groups excluding carboxylic acids is 1. The molecule has 21 heavy (non-hydrogen) atoms. The Morgan fingerprint density at radius 2 is 1.90 bits per heavy atom. The van der Waals surface area contributed by atoms with Gasteiger partial charge in [0.25, 0.3) is 5.91 Å². The van der Waals surface area contributed by atoms with Crippen molar-refractivity contribution in [3.8, 4) is 0 Å². The SMILES string of the molecule is CN(C)C(=O)c1ccc(Sc2cccc(C(=O)O)c2)nn1. The minimum Gasteiger partial charge on any atom is -0.478 e. The largest absolute Gasteiger partial charge is 0.478 e. The summed E-state index contributed by atoms with van der Waals surface area (Å²) in [4.78, 5) is 24.8. The first-order valence-electron chi connectivity index (χ1n) is 6.04. The van der Waals surface area contributed by atoms with Crippen LogP contribution in [0.2, 0.25) is 0 Å². The van der Waals surface area contributed by atoms with E-state index in [1.807, 2.05) is 0 Å². The van der Waals surface area contributed by atoms with E-state index < -0.39 is 5.97 Å². The lowest BCUT2D eigenvalue weighted by Crippen LogP contribution is -2.23. The number of benzene rings is 1. The fraction of sp³-hybridized carbons (Fsp3) is 0.143. The number of carboxylic acids is 1. The molecule has 0 radical (unpaired) electrons. The molecule has 0 atom stereocenters. The van der Waals surface area contributed by atoms with Crippen LogP contribution in [0.1, 0.15) is 20.8 Å². The van der Waals surface area contributed by atoms with Crippen LogP contribution in [0.25, 0.3) is 0 Å². The third-order valence-corrected chi connectivity index (χ3v) is 3.49. The summed E-state index contributed by atoms with van der Waals surface area (Å²) in [7, 11) is 3.29. The zero-order valence-electron chi connectivity index (χ0n) is 11.5. The summed E-state index contributed by atoms with van der Waals surface area (Å²) in [5.41, 5.74) is 0.482. The molecule has 0 spiro atoms. The first-order valence-corrected chi connectivity index (χ1v) is 6.85. The Morgan fingerprint density at radius 3 is 2.48 bits per heavy atom. The number of nitrogens with zero attached hydrogens (tertiary/aromatic N) is 3. The van der Waals surface area contributed by atoms with E-state index in [0.29, 0.717) is 5.03 Å². The summed E-state index contributed by atoms with van der Waals surface area (Å²) < 4.78 is 0. The first kappa shape index (κ1) is 15.0. The molecule has 1 heterocycles. The van der Waals surface area contributed by atoms with E-state index in [-0.39, 0.29) is 17.2 Å². The Kier molecular flexibility index (Phi) is 4.54. The van der Waals surface area contributed by atoms with Crippen LogP contribution in [0.5, 0.6) is 0 Å². The van der Waals surface area contributed by atoms with Gasteiger partial charge in [-0.15, -0.1) is 10.2 Å². The molecule has 2 rings (SSSR count). The fourth-order valence-electron chi connectivity index (χ4n) is 1.53. The van der Waals surface area contributed by atoms with Crippen molar-refractivity contribution in [3.05, 3.63) is 47.7 Å². The Balaban J connectivity index is 2.15. The number of aromatic nitrogens is 2. The van der Waals surface area contributed by atoms with Gasteiger partial charge in [-0.25, -0.2) is 4.79 Å². The summed E-state index contributed by atoms with van der Waals surface area (Å²) >= 11 is 1.29. The van der Waals surface area contributed by atoms with Gasteiger partial charge in [0.2, 0.25) is 0 Å². The molecule has 2 aromatic rings. The maximum Gasteiger partial charge on any atom is 0.335 e. The van der Waals surface area contributed by atoms with Crippen LogP contribution in [0, 0.1) is 0 Å².